The Kier molecular flexibility index (Phi) is 5.82. The van der Waals surface area contributed by atoms with Gasteiger partial charge in [0, 0.05) is 52.2 Å². The van der Waals surface area contributed by atoms with Crippen molar-refractivity contribution < 1.29 is 9.47 Å². The SMILES string of the molecule is CCOC1(C(Cc2c(Br)c(C)nn2C)NC)CCOCC1. The maximum Gasteiger partial charge on any atom is 0.0882 e. The summed E-state index contributed by atoms with van der Waals surface area (Å²) in [4.78, 5) is 0. The van der Waals surface area contributed by atoms with Crippen LogP contribution in [0.15, 0.2) is 4.47 Å². The lowest BCUT2D eigenvalue weighted by Gasteiger charge is -2.43. The van der Waals surface area contributed by atoms with E-state index in [4.69, 9.17) is 9.47 Å². The molecule has 120 valence electrons. The van der Waals surface area contributed by atoms with E-state index in [0.29, 0.717) is 0 Å². The van der Waals surface area contributed by atoms with E-state index in [1.807, 2.05) is 25.7 Å². The van der Waals surface area contributed by atoms with E-state index in [-0.39, 0.29) is 11.6 Å². The first-order valence-electron chi connectivity index (χ1n) is 7.61. The average Bonchev–Trinajstić information content (AvgIpc) is 2.71. The number of nitrogens with one attached hydrogen (secondary N) is 1. The summed E-state index contributed by atoms with van der Waals surface area (Å²) in [6.45, 7) is 6.35. The van der Waals surface area contributed by atoms with Gasteiger partial charge in [0.15, 0.2) is 0 Å². The van der Waals surface area contributed by atoms with Gasteiger partial charge in [-0.05, 0) is 36.8 Å². The molecule has 2 rings (SSSR count). The summed E-state index contributed by atoms with van der Waals surface area (Å²) in [6, 6.07) is 0.243. The molecule has 5 nitrogen and oxygen atoms in total. The Morgan fingerprint density at radius 3 is 2.62 bits per heavy atom. The summed E-state index contributed by atoms with van der Waals surface area (Å²) in [6.07, 6.45) is 2.75. The van der Waals surface area contributed by atoms with Crippen molar-refractivity contribution in [1.29, 1.82) is 0 Å². The molecule has 0 saturated carbocycles. The van der Waals surface area contributed by atoms with Crippen LogP contribution >= 0.6 is 15.9 Å². The Hall–Kier alpha value is -0.430. The fraction of sp³-hybridized carbons (Fsp3) is 0.800. The number of hydrogen-bond donors (Lipinski definition) is 1. The van der Waals surface area contributed by atoms with E-state index < -0.39 is 0 Å². The lowest BCUT2D eigenvalue weighted by molar-refractivity contribution is -0.125. The monoisotopic (exact) mass is 359 g/mol. The van der Waals surface area contributed by atoms with Crippen LogP contribution in [-0.2, 0) is 22.9 Å². The van der Waals surface area contributed by atoms with Crippen LogP contribution in [0.1, 0.15) is 31.2 Å². The van der Waals surface area contributed by atoms with Gasteiger partial charge < -0.3 is 14.8 Å². The van der Waals surface area contributed by atoms with Crippen LogP contribution in [0.2, 0.25) is 0 Å². The van der Waals surface area contributed by atoms with E-state index in [2.05, 4.69) is 33.3 Å². The Morgan fingerprint density at radius 1 is 1.48 bits per heavy atom. The number of likely N-dealkylation sites (N-methyl/N-ethyl adjacent to an activating group) is 1. The summed E-state index contributed by atoms with van der Waals surface area (Å²) in [5.41, 5.74) is 2.08. The number of ether oxygens (including phenoxy) is 2. The number of halogens is 1. The molecule has 0 radical (unpaired) electrons. The molecule has 1 fully saturated rings. The van der Waals surface area contributed by atoms with Crippen molar-refractivity contribution in [2.45, 2.75) is 44.8 Å². The number of nitrogens with zero attached hydrogens (tertiary/aromatic N) is 2. The number of rotatable bonds is 6. The van der Waals surface area contributed by atoms with Crippen molar-refractivity contribution in [3.05, 3.63) is 15.9 Å². The molecule has 21 heavy (non-hydrogen) atoms. The molecule has 1 N–H and O–H groups in total. The van der Waals surface area contributed by atoms with E-state index in [1.54, 1.807) is 0 Å². The molecule has 1 aliphatic rings. The van der Waals surface area contributed by atoms with E-state index in [9.17, 15) is 0 Å². The second-order valence-corrected chi connectivity index (χ2v) is 6.42. The maximum absolute atomic E-state index is 6.19. The van der Waals surface area contributed by atoms with Gasteiger partial charge in [0.2, 0.25) is 0 Å². The zero-order chi connectivity index (χ0) is 15.5. The number of aryl methyl sites for hydroxylation is 2. The molecule has 2 heterocycles. The molecule has 6 heteroatoms. The van der Waals surface area contributed by atoms with Crippen LogP contribution in [0.3, 0.4) is 0 Å². The first-order valence-corrected chi connectivity index (χ1v) is 8.40. The average molecular weight is 360 g/mol. The molecule has 1 saturated heterocycles. The van der Waals surface area contributed by atoms with Crippen LogP contribution in [-0.4, -0.2) is 48.3 Å². The van der Waals surface area contributed by atoms with Crippen molar-refractivity contribution in [3.63, 3.8) is 0 Å². The van der Waals surface area contributed by atoms with E-state index >= 15 is 0 Å². The summed E-state index contributed by atoms with van der Waals surface area (Å²) in [5, 5.41) is 7.96. The van der Waals surface area contributed by atoms with Crippen molar-refractivity contribution >= 4 is 15.9 Å². The number of aromatic nitrogens is 2. The predicted molar refractivity (Wildman–Crippen MR) is 86.6 cm³/mol. The van der Waals surface area contributed by atoms with Crippen LogP contribution in [0.4, 0.5) is 0 Å². The first-order chi connectivity index (χ1) is 10.0. The topological polar surface area (TPSA) is 48.3 Å². The highest BCUT2D eigenvalue weighted by atomic mass is 79.9. The smallest absolute Gasteiger partial charge is 0.0882 e. The summed E-state index contributed by atoms with van der Waals surface area (Å²) < 4.78 is 14.8. The quantitative estimate of drug-likeness (QED) is 0.845. The van der Waals surface area contributed by atoms with Gasteiger partial charge in [-0.15, -0.1) is 0 Å². The Balaban J connectivity index is 2.24. The zero-order valence-corrected chi connectivity index (χ0v) is 15.0. The molecule has 1 aromatic heterocycles. The van der Waals surface area contributed by atoms with Gasteiger partial charge in [0.05, 0.1) is 21.5 Å². The molecule has 0 bridgehead atoms. The van der Waals surface area contributed by atoms with Crippen LogP contribution < -0.4 is 5.32 Å². The minimum atomic E-state index is -0.153. The van der Waals surface area contributed by atoms with E-state index in [0.717, 1.165) is 49.2 Å². The second kappa shape index (κ2) is 7.22. The molecule has 0 aliphatic carbocycles. The van der Waals surface area contributed by atoms with Crippen LogP contribution in [0, 0.1) is 6.92 Å². The molecule has 0 aromatic carbocycles. The summed E-state index contributed by atoms with van der Waals surface area (Å²) in [5.74, 6) is 0. The van der Waals surface area contributed by atoms with Gasteiger partial charge >= 0.3 is 0 Å². The fourth-order valence-corrected chi connectivity index (χ4v) is 3.74. The molecular weight excluding hydrogens is 334 g/mol. The minimum Gasteiger partial charge on any atom is -0.381 e. The van der Waals surface area contributed by atoms with Crippen LogP contribution in [0.25, 0.3) is 0 Å². The minimum absolute atomic E-state index is 0.153. The number of hydrogen-bond acceptors (Lipinski definition) is 4. The third-order valence-corrected chi connectivity index (χ3v) is 5.45. The van der Waals surface area contributed by atoms with E-state index in [1.165, 1.54) is 5.69 Å². The Morgan fingerprint density at radius 2 is 2.14 bits per heavy atom. The second-order valence-electron chi connectivity index (χ2n) is 5.63. The molecule has 0 spiro atoms. The summed E-state index contributed by atoms with van der Waals surface area (Å²) in [7, 11) is 4.01. The van der Waals surface area contributed by atoms with Gasteiger partial charge in [0.1, 0.15) is 0 Å². The van der Waals surface area contributed by atoms with Crippen molar-refractivity contribution in [2.24, 2.45) is 7.05 Å². The third-order valence-electron chi connectivity index (χ3n) is 4.41. The normalized spacial score (nSPS) is 19.7. The molecule has 0 amide bonds. The predicted octanol–water partition coefficient (Wildman–Crippen LogP) is 2.21. The highest BCUT2D eigenvalue weighted by molar-refractivity contribution is 9.10. The Bertz CT molecular complexity index is 464. The standard InChI is InChI=1S/C15H26BrN3O2/c1-5-21-15(6-8-20-9-7-15)13(17-3)10-12-14(16)11(2)18-19(12)4/h13,17H,5-10H2,1-4H3. The highest BCUT2D eigenvalue weighted by Gasteiger charge is 2.41. The van der Waals surface area contributed by atoms with Crippen molar-refractivity contribution in [3.8, 4) is 0 Å². The first kappa shape index (κ1) is 16.9. The van der Waals surface area contributed by atoms with Gasteiger partial charge in [-0.3, -0.25) is 4.68 Å². The van der Waals surface area contributed by atoms with Gasteiger partial charge in [-0.2, -0.15) is 5.10 Å². The van der Waals surface area contributed by atoms with Crippen molar-refractivity contribution in [2.75, 3.05) is 26.9 Å². The molecule has 1 unspecified atom stereocenters. The molecular formula is C15H26BrN3O2. The fourth-order valence-electron chi connectivity index (χ4n) is 3.24. The highest BCUT2D eigenvalue weighted by Crippen LogP contribution is 2.32. The molecule has 1 aliphatic heterocycles. The Labute approximate surface area is 135 Å². The van der Waals surface area contributed by atoms with Gasteiger partial charge in [-0.25, -0.2) is 0 Å². The van der Waals surface area contributed by atoms with Crippen LogP contribution in [0.5, 0.6) is 0 Å². The lowest BCUT2D eigenvalue weighted by Crippen LogP contribution is -2.55. The molecule has 1 aromatic rings. The molecule has 1 atom stereocenters. The van der Waals surface area contributed by atoms with Crippen molar-refractivity contribution in [1.82, 2.24) is 15.1 Å². The van der Waals surface area contributed by atoms with Gasteiger partial charge in [0.25, 0.3) is 0 Å². The maximum atomic E-state index is 6.19. The summed E-state index contributed by atoms with van der Waals surface area (Å²) >= 11 is 3.66. The lowest BCUT2D eigenvalue weighted by atomic mass is 9.83. The van der Waals surface area contributed by atoms with Gasteiger partial charge in [-0.1, -0.05) is 0 Å². The largest absolute Gasteiger partial charge is 0.381 e. The third kappa shape index (κ3) is 3.50. The zero-order valence-electron chi connectivity index (χ0n) is 13.4.